The van der Waals surface area contributed by atoms with Gasteiger partial charge >= 0.3 is 0 Å². The molecule has 0 aromatic carbocycles. The second-order valence-electron chi connectivity index (χ2n) is 3.14. The van der Waals surface area contributed by atoms with Crippen molar-refractivity contribution in [3.63, 3.8) is 0 Å². The van der Waals surface area contributed by atoms with Crippen molar-refractivity contribution in [1.82, 2.24) is 15.0 Å². The number of carbonyl (C=O) groups excluding carboxylic acids is 1. The Morgan fingerprint density at radius 1 is 1.53 bits per heavy atom. The molecule has 0 saturated carbocycles. The lowest BCUT2D eigenvalue weighted by molar-refractivity contribution is 0.102. The van der Waals surface area contributed by atoms with Crippen molar-refractivity contribution in [2.75, 3.05) is 5.32 Å². The molecule has 0 aliphatic heterocycles. The highest BCUT2D eigenvalue weighted by Gasteiger charge is 2.07. The van der Waals surface area contributed by atoms with Crippen molar-refractivity contribution in [3.8, 4) is 0 Å². The van der Waals surface area contributed by atoms with E-state index in [1.807, 2.05) is 13.0 Å². The molecule has 5 nitrogen and oxygen atoms in total. The third-order valence-electron chi connectivity index (χ3n) is 1.90. The molecule has 0 saturated heterocycles. The highest BCUT2D eigenvalue weighted by Crippen LogP contribution is 2.06. The number of amides is 1. The fourth-order valence-corrected chi connectivity index (χ4v) is 1.17. The summed E-state index contributed by atoms with van der Waals surface area (Å²) in [6.45, 7) is 1.94. The lowest BCUT2D eigenvalue weighted by atomic mass is 10.3. The standard InChI is InChI=1S/C10H10N4O/c1-7-2-3-12-9(4-7)14-10(15)8-5-11-6-13-8/h2-6H,1H3,(H,11,13)(H,12,14,15). The molecule has 0 aliphatic rings. The first kappa shape index (κ1) is 9.39. The number of pyridine rings is 1. The number of hydrogen-bond donors (Lipinski definition) is 2. The Bertz CT molecular complexity index is 464. The third kappa shape index (κ3) is 2.19. The van der Waals surface area contributed by atoms with Gasteiger partial charge in [0.1, 0.15) is 11.5 Å². The summed E-state index contributed by atoms with van der Waals surface area (Å²) in [7, 11) is 0. The van der Waals surface area contributed by atoms with Gasteiger partial charge in [0.05, 0.1) is 12.5 Å². The Kier molecular flexibility index (Phi) is 2.45. The van der Waals surface area contributed by atoms with E-state index in [2.05, 4.69) is 20.3 Å². The molecule has 2 aromatic heterocycles. The predicted molar refractivity (Wildman–Crippen MR) is 55.5 cm³/mol. The molecule has 2 rings (SSSR count). The molecule has 5 heteroatoms. The van der Waals surface area contributed by atoms with Crippen LogP contribution in [0, 0.1) is 6.92 Å². The number of imidazole rings is 1. The van der Waals surface area contributed by atoms with Crippen LogP contribution in [-0.4, -0.2) is 20.9 Å². The van der Waals surface area contributed by atoms with E-state index in [1.54, 1.807) is 12.3 Å². The van der Waals surface area contributed by atoms with E-state index in [0.717, 1.165) is 5.56 Å². The van der Waals surface area contributed by atoms with Gasteiger partial charge in [-0.2, -0.15) is 0 Å². The van der Waals surface area contributed by atoms with Crippen LogP contribution in [0.4, 0.5) is 5.82 Å². The number of aryl methyl sites for hydroxylation is 1. The smallest absolute Gasteiger partial charge is 0.274 e. The van der Waals surface area contributed by atoms with Crippen LogP contribution in [0.3, 0.4) is 0 Å². The minimum absolute atomic E-state index is 0.245. The van der Waals surface area contributed by atoms with Gasteiger partial charge in [0.2, 0.25) is 0 Å². The van der Waals surface area contributed by atoms with Crippen LogP contribution < -0.4 is 5.32 Å². The molecular weight excluding hydrogens is 192 g/mol. The summed E-state index contributed by atoms with van der Waals surface area (Å²) < 4.78 is 0. The molecule has 0 aliphatic carbocycles. The second-order valence-corrected chi connectivity index (χ2v) is 3.14. The van der Waals surface area contributed by atoms with Crippen LogP contribution in [-0.2, 0) is 0 Å². The van der Waals surface area contributed by atoms with E-state index in [4.69, 9.17) is 0 Å². The van der Waals surface area contributed by atoms with E-state index in [1.165, 1.54) is 12.5 Å². The topological polar surface area (TPSA) is 70.7 Å². The molecule has 0 unspecified atom stereocenters. The number of aromatic amines is 1. The third-order valence-corrected chi connectivity index (χ3v) is 1.90. The van der Waals surface area contributed by atoms with Gasteiger partial charge in [-0.3, -0.25) is 4.79 Å². The van der Waals surface area contributed by atoms with Gasteiger partial charge in [-0.25, -0.2) is 9.97 Å². The monoisotopic (exact) mass is 202 g/mol. The van der Waals surface area contributed by atoms with E-state index in [-0.39, 0.29) is 5.91 Å². The largest absolute Gasteiger partial charge is 0.341 e. The Hall–Kier alpha value is -2.17. The lowest BCUT2D eigenvalue weighted by Gasteiger charge is -2.02. The van der Waals surface area contributed by atoms with Gasteiger partial charge in [0.25, 0.3) is 5.91 Å². The van der Waals surface area contributed by atoms with E-state index in [0.29, 0.717) is 11.5 Å². The van der Waals surface area contributed by atoms with Crippen molar-refractivity contribution >= 4 is 11.7 Å². The van der Waals surface area contributed by atoms with Crippen molar-refractivity contribution in [3.05, 3.63) is 42.1 Å². The predicted octanol–water partition coefficient (Wildman–Crippen LogP) is 1.37. The lowest BCUT2D eigenvalue weighted by Crippen LogP contribution is -2.13. The second kappa shape index (κ2) is 3.91. The molecular formula is C10H10N4O. The molecule has 2 heterocycles. The summed E-state index contributed by atoms with van der Waals surface area (Å²) in [6, 6.07) is 3.67. The van der Waals surface area contributed by atoms with Gasteiger partial charge < -0.3 is 10.3 Å². The van der Waals surface area contributed by atoms with Gasteiger partial charge in [-0.15, -0.1) is 0 Å². The number of carbonyl (C=O) groups is 1. The first-order chi connectivity index (χ1) is 7.25. The van der Waals surface area contributed by atoms with Crippen molar-refractivity contribution in [2.24, 2.45) is 0 Å². The summed E-state index contributed by atoms with van der Waals surface area (Å²) in [6.07, 6.45) is 4.57. The van der Waals surface area contributed by atoms with Gasteiger partial charge in [-0.1, -0.05) is 0 Å². The van der Waals surface area contributed by atoms with Crippen molar-refractivity contribution in [1.29, 1.82) is 0 Å². The van der Waals surface area contributed by atoms with Crippen LogP contribution in [0.1, 0.15) is 16.1 Å². The number of anilines is 1. The molecule has 2 N–H and O–H groups in total. The highest BCUT2D eigenvalue weighted by atomic mass is 16.1. The van der Waals surface area contributed by atoms with Gasteiger partial charge in [-0.05, 0) is 24.6 Å². The van der Waals surface area contributed by atoms with Crippen LogP contribution in [0.15, 0.2) is 30.9 Å². The van der Waals surface area contributed by atoms with Crippen molar-refractivity contribution in [2.45, 2.75) is 6.92 Å². The number of aromatic nitrogens is 3. The Labute approximate surface area is 86.6 Å². The maximum Gasteiger partial charge on any atom is 0.274 e. The maximum atomic E-state index is 11.6. The Morgan fingerprint density at radius 2 is 2.40 bits per heavy atom. The molecule has 2 aromatic rings. The van der Waals surface area contributed by atoms with Crippen LogP contribution in [0.5, 0.6) is 0 Å². The summed E-state index contributed by atoms with van der Waals surface area (Å²) in [5, 5.41) is 2.66. The number of H-pyrrole nitrogens is 1. The summed E-state index contributed by atoms with van der Waals surface area (Å²) in [5.74, 6) is 0.292. The van der Waals surface area contributed by atoms with E-state index in [9.17, 15) is 4.79 Å². The number of nitrogens with one attached hydrogen (secondary N) is 2. The van der Waals surface area contributed by atoms with Crippen LogP contribution in [0.2, 0.25) is 0 Å². The number of rotatable bonds is 2. The van der Waals surface area contributed by atoms with Gasteiger partial charge in [0.15, 0.2) is 0 Å². The Morgan fingerprint density at radius 3 is 3.07 bits per heavy atom. The minimum Gasteiger partial charge on any atom is -0.341 e. The average molecular weight is 202 g/mol. The molecule has 76 valence electrons. The molecule has 1 amide bonds. The van der Waals surface area contributed by atoms with Crippen molar-refractivity contribution < 1.29 is 4.79 Å². The normalized spacial score (nSPS) is 9.93. The SMILES string of the molecule is Cc1ccnc(NC(=O)c2cnc[nH]2)c1. The first-order valence-electron chi connectivity index (χ1n) is 4.48. The molecule has 0 atom stereocenters. The van der Waals surface area contributed by atoms with Crippen LogP contribution in [0.25, 0.3) is 0 Å². The Balaban J connectivity index is 2.13. The quantitative estimate of drug-likeness (QED) is 0.772. The molecule has 0 radical (unpaired) electrons. The molecule has 15 heavy (non-hydrogen) atoms. The first-order valence-corrected chi connectivity index (χ1v) is 4.48. The number of hydrogen-bond acceptors (Lipinski definition) is 3. The van der Waals surface area contributed by atoms with E-state index >= 15 is 0 Å². The minimum atomic E-state index is -0.245. The summed E-state index contributed by atoms with van der Waals surface area (Å²) in [5.41, 5.74) is 1.46. The van der Waals surface area contributed by atoms with Crippen LogP contribution >= 0.6 is 0 Å². The fraction of sp³-hybridized carbons (Fsp3) is 0.100. The summed E-state index contributed by atoms with van der Waals surface area (Å²) in [4.78, 5) is 22.1. The zero-order valence-corrected chi connectivity index (χ0v) is 8.19. The highest BCUT2D eigenvalue weighted by molar-refractivity contribution is 6.02. The maximum absolute atomic E-state index is 11.6. The summed E-state index contributed by atoms with van der Waals surface area (Å²) >= 11 is 0. The molecule has 0 bridgehead atoms. The zero-order chi connectivity index (χ0) is 10.7. The molecule has 0 fully saturated rings. The fourth-order valence-electron chi connectivity index (χ4n) is 1.17. The molecule has 0 spiro atoms. The van der Waals surface area contributed by atoms with Gasteiger partial charge in [0, 0.05) is 6.20 Å². The zero-order valence-electron chi connectivity index (χ0n) is 8.19. The average Bonchev–Trinajstić information content (AvgIpc) is 2.70. The van der Waals surface area contributed by atoms with E-state index < -0.39 is 0 Å². The number of nitrogens with zero attached hydrogens (tertiary/aromatic N) is 2.